The van der Waals surface area contributed by atoms with Gasteiger partial charge in [-0.3, -0.25) is 0 Å². The Morgan fingerprint density at radius 2 is 2.24 bits per heavy atom. The van der Waals surface area contributed by atoms with Crippen LogP contribution in [0.1, 0.15) is 29.6 Å². The van der Waals surface area contributed by atoms with Crippen molar-refractivity contribution in [1.82, 2.24) is 0 Å². The third-order valence-corrected chi connectivity index (χ3v) is 2.12. The average Bonchev–Trinajstić information content (AvgIpc) is 2.28. The highest BCUT2D eigenvalue weighted by molar-refractivity contribution is 5.88. The third-order valence-electron chi connectivity index (χ3n) is 2.12. The van der Waals surface area contributed by atoms with Gasteiger partial charge in [0.1, 0.15) is 11.6 Å². The summed E-state index contributed by atoms with van der Waals surface area (Å²) in [4.78, 5) is 10.6. The van der Waals surface area contributed by atoms with Crippen LogP contribution in [0.5, 0.6) is 5.75 Å². The van der Waals surface area contributed by atoms with E-state index in [1.165, 1.54) is 12.1 Å². The van der Waals surface area contributed by atoms with Crippen molar-refractivity contribution >= 4 is 5.97 Å². The molecule has 90 valence electrons. The Balaban J connectivity index is 2.48. The van der Waals surface area contributed by atoms with Crippen LogP contribution in [0.15, 0.2) is 18.2 Å². The molecular weight excluding hydrogens is 225 g/mol. The molecule has 1 N–H and O–H groups in total. The Morgan fingerprint density at radius 3 is 2.82 bits per heavy atom. The second-order valence-corrected chi connectivity index (χ2v) is 3.41. The van der Waals surface area contributed by atoms with Gasteiger partial charge in [-0.15, -0.1) is 0 Å². The second kappa shape index (κ2) is 6.48. The normalized spacial score (nSPS) is 9.65. The van der Waals surface area contributed by atoms with E-state index in [0.717, 1.165) is 12.5 Å². The number of ether oxygens (including phenoxy) is 1. The van der Waals surface area contributed by atoms with Gasteiger partial charge >= 0.3 is 5.97 Å². The first-order valence-electron chi connectivity index (χ1n) is 5.17. The van der Waals surface area contributed by atoms with E-state index < -0.39 is 11.8 Å². The lowest BCUT2D eigenvalue weighted by Crippen LogP contribution is -2.02. The predicted octanol–water partition coefficient (Wildman–Crippen LogP) is 2.60. The summed E-state index contributed by atoms with van der Waals surface area (Å²) in [5, 5.41) is 16.9. The monoisotopic (exact) mass is 237 g/mol. The van der Waals surface area contributed by atoms with Crippen LogP contribution >= 0.6 is 0 Å². The molecule has 4 nitrogen and oxygen atoms in total. The van der Waals surface area contributed by atoms with Crippen molar-refractivity contribution in [1.29, 1.82) is 5.26 Å². The maximum atomic E-state index is 13.2. The van der Waals surface area contributed by atoms with Gasteiger partial charge in [0.2, 0.25) is 0 Å². The Hall–Kier alpha value is -2.09. The quantitative estimate of drug-likeness (QED) is 0.772. The highest BCUT2D eigenvalue weighted by atomic mass is 19.1. The zero-order valence-corrected chi connectivity index (χ0v) is 9.15. The Bertz CT molecular complexity index is 440. The zero-order chi connectivity index (χ0) is 12.7. The van der Waals surface area contributed by atoms with E-state index in [2.05, 4.69) is 0 Å². The minimum Gasteiger partial charge on any atom is -0.493 e. The molecule has 0 heterocycles. The number of halogens is 1. The number of benzene rings is 1. The van der Waals surface area contributed by atoms with Crippen LogP contribution in [0.4, 0.5) is 4.39 Å². The van der Waals surface area contributed by atoms with Crippen molar-refractivity contribution in [2.24, 2.45) is 0 Å². The molecule has 0 fully saturated rings. The van der Waals surface area contributed by atoms with E-state index in [1.54, 1.807) is 0 Å². The Morgan fingerprint density at radius 1 is 1.47 bits per heavy atom. The zero-order valence-electron chi connectivity index (χ0n) is 9.15. The molecule has 0 unspecified atom stereocenters. The molecule has 0 atom stereocenters. The lowest BCUT2D eigenvalue weighted by atomic mass is 10.2. The van der Waals surface area contributed by atoms with E-state index in [4.69, 9.17) is 15.1 Å². The number of carboxylic acids is 1. The van der Waals surface area contributed by atoms with Crippen LogP contribution in [0.2, 0.25) is 0 Å². The van der Waals surface area contributed by atoms with Gasteiger partial charge < -0.3 is 9.84 Å². The first-order chi connectivity index (χ1) is 8.15. The number of carboxylic acid groups (broad SMARTS) is 1. The molecule has 1 rings (SSSR count). The molecular formula is C12H12FNO3. The van der Waals surface area contributed by atoms with Gasteiger partial charge in [0.15, 0.2) is 0 Å². The molecule has 1 aromatic carbocycles. The lowest BCUT2D eigenvalue weighted by Gasteiger charge is -2.06. The highest BCUT2D eigenvalue weighted by Gasteiger charge is 2.10. The SMILES string of the molecule is N#CCCCCOc1ccc(C(=O)O)c(F)c1. The molecule has 0 bridgehead atoms. The summed E-state index contributed by atoms with van der Waals surface area (Å²) in [5.41, 5.74) is -0.373. The highest BCUT2D eigenvalue weighted by Crippen LogP contribution is 2.17. The maximum absolute atomic E-state index is 13.2. The van der Waals surface area contributed by atoms with Gasteiger partial charge in [-0.2, -0.15) is 5.26 Å². The fourth-order valence-corrected chi connectivity index (χ4v) is 1.26. The summed E-state index contributed by atoms with van der Waals surface area (Å²) >= 11 is 0. The number of hydrogen-bond acceptors (Lipinski definition) is 3. The van der Waals surface area contributed by atoms with Gasteiger partial charge in [-0.1, -0.05) is 0 Å². The van der Waals surface area contributed by atoms with E-state index in [9.17, 15) is 9.18 Å². The van der Waals surface area contributed by atoms with Crippen LogP contribution in [0, 0.1) is 17.1 Å². The van der Waals surface area contributed by atoms with Gasteiger partial charge in [-0.05, 0) is 25.0 Å². The maximum Gasteiger partial charge on any atom is 0.338 e. The minimum absolute atomic E-state index is 0.296. The summed E-state index contributed by atoms with van der Waals surface area (Å²) in [6.07, 6.45) is 1.90. The van der Waals surface area contributed by atoms with Crippen molar-refractivity contribution < 1.29 is 19.0 Å². The standard InChI is InChI=1S/C12H12FNO3/c13-11-8-9(4-5-10(11)12(15)16)17-7-3-1-2-6-14/h4-5,8H,1-3,7H2,(H,15,16). The predicted molar refractivity (Wildman–Crippen MR) is 58.3 cm³/mol. The minimum atomic E-state index is -1.30. The Kier molecular flexibility index (Phi) is 4.95. The van der Waals surface area contributed by atoms with Crippen LogP contribution in [0.25, 0.3) is 0 Å². The van der Waals surface area contributed by atoms with Gasteiger partial charge in [0, 0.05) is 12.5 Å². The molecule has 0 aliphatic rings. The van der Waals surface area contributed by atoms with E-state index >= 15 is 0 Å². The van der Waals surface area contributed by atoms with Crippen molar-refractivity contribution in [3.8, 4) is 11.8 Å². The van der Waals surface area contributed by atoms with Crippen molar-refractivity contribution in [2.75, 3.05) is 6.61 Å². The summed E-state index contributed by atoms with van der Waals surface area (Å²) < 4.78 is 18.5. The van der Waals surface area contributed by atoms with Crippen LogP contribution < -0.4 is 4.74 Å². The molecule has 17 heavy (non-hydrogen) atoms. The fraction of sp³-hybridized carbons (Fsp3) is 0.333. The van der Waals surface area contributed by atoms with Crippen LogP contribution in [-0.2, 0) is 0 Å². The second-order valence-electron chi connectivity index (χ2n) is 3.41. The molecule has 0 spiro atoms. The number of nitrogens with zero attached hydrogens (tertiary/aromatic N) is 1. The largest absolute Gasteiger partial charge is 0.493 e. The van der Waals surface area contributed by atoms with Crippen LogP contribution in [0.3, 0.4) is 0 Å². The van der Waals surface area contributed by atoms with Crippen LogP contribution in [-0.4, -0.2) is 17.7 Å². The first-order valence-corrected chi connectivity index (χ1v) is 5.17. The molecule has 5 heteroatoms. The Labute approximate surface area is 98.2 Å². The van der Waals surface area contributed by atoms with Crippen molar-refractivity contribution in [3.63, 3.8) is 0 Å². The smallest absolute Gasteiger partial charge is 0.338 e. The van der Waals surface area contributed by atoms with Crippen molar-refractivity contribution in [3.05, 3.63) is 29.6 Å². The number of hydrogen-bond donors (Lipinski definition) is 1. The molecule has 1 aromatic rings. The van der Waals surface area contributed by atoms with Gasteiger partial charge in [0.25, 0.3) is 0 Å². The third kappa shape index (κ3) is 4.11. The topological polar surface area (TPSA) is 70.3 Å². The number of aromatic carboxylic acids is 1. The molecule has 0 radical (unpaired) electrons. The molecule has 0 saturated carbocycles. The summed E-state index contributed by atoms with van der Waals surface area (Å²) in [6.45, 7) is 0.382. The van der Waals surface area contributed by atoms with E-state index in [-0.39, 0.29) is 5.56 Å². The van der Waals surface area contributed by atoms with Gasteiger partial charge in [0.05, 0.1) is 18.2 Å². The fourth-order valence-electron chi connectivity index (χ4n) is 1.26. The number of rotatable bonds is 6. The number of unbranched alkanes of at least 4 members (excludes halogenated alkanes) is 2. The summed E-state index contributed by atoms with van der Waals surface area (Å²) in [5.74, 6) is -1.82. The molecule has 0 amide bonds. The molecule has 0 saturated heterocycles. The number of carbonyl (C=O) groups is 1. The van der Waals surface area contributed by atoms with Gasteiger partial charge in [-0.25, -0.2) is 9.18 Å². The summed E-state index contributed by atoms with van der Waals surface area (Å²) in [6, 6.07) is 5.65. The van der Waals surface area contributed by atoms with E-state index in [1.807, 2.05) is 6.07 Å². The molecule has 0 aliphatic heterocycles. The summed E-state index contributed by atoms with van der Waals surface area (Å²) in [7, 11) is 0. The van der Waals surface area contributed by atoms with E-state index in [0.29, 0.717) is 25.2 Å². The lowest BCUT2D eigenvalue weighted by molar-refractivity contribution is 0.0692. The molecule has 0 aliphatic carbocycles. The number of nitriles is 1. The average molecular weight is 237 g/mol. The first kappa shape index (κ1) is 13.0. The molecule has 0 aromatic heterocycles. The van der Waals surface area contributed by atoms with Crippen molar-refractivity contribution in [2.45, 2.75) is 19.3 Å².